The van der Waals surface area contributed by atoms with E-state index in [4.69, 9.17) is 4.74 Å². The summed E-state index contributed by atoms with van der Waals surface area (Å²) in [6.07, 6.45) is 0. The molecule has 1 aliphatic rings. The predicted octanol–water partition coefficient (Wildman–Crippen LogP) is 0.563. The largest absolute Gasteiger partial charge is 0.383 e. The second kappa shape index (κ2) is 5.58. The van der Waals surface area contributed by atoms with Gasteiger partial charge in [-0.1, -0.05) is 13.8 Å². The molecular weight excluding hydrogens is 164 g/mol. The first-order chi connectivity index (χ1) is 6.24. The van der Waals surface area contributed by atoms with Crippen LogP contribution in [0.2, 0.25) is 0 Å². The third-order valence-corrected chi connectivity index (χ3v) is 2.71. The highest BCUT2D eigenvalue weighted by Gasteiger charge is 2.20. The Balaban J connectivity index is 2.25. The Morgan fingerprint density at radius 3 is 2.92 bits per heavy atom. The number of piperazine rings is 1. The van der Waals surface area contributed by atoms with Crippen LogP contribution < -0.4 is 5.32 Å². The SMILES string of the molecule is COCCN1CCNC(C(C)C)C1. The highest BCUT2D eigenvalue weighted by atomic mass is 16.5. The van der Waals surface area contributed by atoms with E-state index in [1.54, 1.807) is 7.11 Å². The van der Waals surface area contributed by atoms with Crippen molar-refractivity contribution in [2.75, 3.05) is 39.9 Å². The number of nitrogens with one attached hydrogen (secondary N) is 1. The molecule has 1 unspecified atom stereocenters. The van der Waals surface area contributed by atoms with Crippen LogP contribution in [-0.4, -0.2) is 50.8 Å². The van der Waals surface area contributed by atoms with E-state index in [2.05, 4.69) is 24.1 Å². The summed E-state index contributed by atoms with van der Waals surface area (Å²) >= 11 is 0. The molecule has 0 saturated carbocycles. The number of hydrogen-bond donors (Lipinski definition) is 1. The van der Waals surface area contributed by atoms with Gasteiger partial charge in [0, 0.05) is 39.3 Å². The van der Waals surface area contributed by atoms with Gasteiger partial charge in [0.25, 0.3) is 0 Å². The third kappa shape index (κ3) is 3.63. The van der Waals surface area contributed by atoms with E-state index < -0.39 is 0 Å². The van der Waals surface area contributed by atoms with Gasteiger partial charge in [-0.2, -0.15) is 0 Å². The fourth-order valence-corrected chi connectivity index (χ4v) is 1.71. The van der Waals surface area contributed by atoms with Crippen molar-refractivity contribution in [1.82, 2.24) is 10.2 Å². The molecule has 0 aromatic heterocycles. The quantitative estimate of drug-likeness (QED) is 0.694. The van der Waals surface area contributed by atoms with Crippen LogP contribution in [0.15, 0.2) is 0 Å². The van der Waals surface area contributed by atoms with Gasteiger partial charge < -0.3 is 10.1 Å². The molecule has 0 aromatic rings. The molecule has 3 nitrogen and oxygen atoms in total. The first-order valence-electron chi connectivity index (χ1n) is 5.18. The lowest BCUT2D eigenvalue weighted by Crippen LogP contribution is -2.53. The summed E-state index contributed by atoms with van der Waals surface area (Å²) in [7, 11) is 1.77. The molecule has 1 fully saturated rings. The van der Waals surface area contributed by atoms with Crippen molar-refractivity contribution in [2.45, 2.75) is 19.9 Å². The number of methoxy groups -OCH3 is 1. The van der Waals surface area contributed by atoms with Crippen molar-refractivity contribution in [3.05, 3.63) is 0 Å². The van der Waals surface area contributed by atoms with Crippen molar-refractivity contribution in [3.63, 3.8) is 0 Å². The molecule has 1 heterocycles. The maximum Gasteiger partial charge on any atom is 0.0589 e. The lowest BCUT2D eigenvalue weighted by atomic mass is 10.0. The summed E-state index contributed by atoms with van der Waals surface area (Å²) in [6, 6.07) is 0.658. The van der Waals surface area contributed by atoms with E-state index >= 15 is 0 Å². The molecular formula is C10H22N2O. The van der Waals surface area contributed by atoms with Crippen molar-refractivity contribution in [2.24, 2.45) is 5.92 Å². The van der Waals surface area contributed by atoms with Gasteiger partial charge in [-0.15, -0.1) is 0 Å². The van der Waals surface area contributed by atoms with Gasteiger partial charge in [-0.3, -0.25) is 4.90 Å². The molecule has 13 heavy (non-hydrogen) atoms. The van der Waals surface area contributed by atoms with Gasteiger partial charge in [0.2, 0.25) is 0 Å². The van der Waals surface area contributed by atoms with Crippen LogP contribution in [0, 0.1) is 5.92 Å². The highest BCUT2D eigenvalue weighted by molar-refractivity contribution is 4.80. The minimum absolute atomic E-state index is 0.658. The zero-order valence-electron chi connectivity index (χ0n) is 9.05. The molecule has 0 aromatic carbocycles. The number of rotatable bonds is 4. The van der Waals surface area contributed by atoms with E-state index in [1.807, 2.05) is 0 Å². The molecule has 0 aliphatic carbocycles. The second-order valence-electron chi connectivity index (χ2n) is 4.10. The first kappa shape index (κ1) is 11.0. The maximum atomic E-state index is 5.08. The average molecular weight is 186 g/mol. The summed E-state index contributed by atoms with van der Waals surface area (Å²) in [4.78, 5) is 2.48. The molecule has 0 amide bonds. The van der Waals surface area contributed by atoms with Gasteiger partial charge in [0.05, 0.1) is 6.61 Å². The van der Waals surface area contributed by atoms with Crippen LogP contribution in [0.5, 0.6) is 0 Å². The number of hydrogen-bond acceptors (Lipinski definition) is 3. The monoisotopic (exact) mass is 186 g/mol. The summed E-state index contributed by atoms with van der Waals surface area (Å²) < 4.78 is 5.08. The van der Waals surface area contributed by atoms with Crippen molar-refractivity contribution < 1.29 is 4.74 Å². The molecule has 1 atom stereocenters. The topological polar surface area (TPSA) is 24.5 Å². The Hall–Kier alpha value is -0.120. The zero-order chi connectivity index (χ0) is 9.68. The molecule has 3 heteroatoms. The normalized spacial score (nSPS) is 25.4. The molecule has 1 rings (SSSR count). The van der Waals surface area contributed by atoms with Gasteiger partial charge in [-0.25, -0.2) is 0 Å². The predicted molar refractivity (Wildman–Crippen MR) is 54.9 cm³/mol. The molecule has 0 bridgehead atoms. The van der Waals surface area contributed by atoms with Gasteiger partial charge in [0.15, 0.2) is 0 Å². The van der Waals surface area contributed by atoms with Crippen molar-refractivity contribution in [3.8, 4) is 0 Å². The first-order valence-corrected chi connectivity index (χ1v) is 5.18. The van der Waals surface area contributed by atoms with Crippen LogP contribution in [-0.2, 0) is 4.74 Å². The Morgan fingerprint density at radius 1 is 1.54 bits per heavy atom. The Kier molecular flexibility index (Phi) is 4.70. The lowest BCUT2D eigenvalue weighted by molar-refractivity contribution is 0.117. The molecule has 0 radical (unpaired) electrons. The van der Waals surface area contributed by atoms with Crippen LogP contribution in [0.3, 0.4) is 0 Å². The average Bonchev–Trinajstić information content (AvgIpc) is 2.15. The van der Waals surface area contributed by atoms with Crippen LogP contribution in [0.4, 0.5) is 0 Å². The summed E-state index contributed by atoms with van der Waals surface area (Å²) in [5, 5.41) is 3.54. The molecule has 78 valence electrons. The number of nitrogens with zero attached hydrogens (tertiary/aromatic N) is 1. The zero-order valence-corrected chi connectivity index (χ0v) is 9.05. The second-order valence-corrected chi connectivity index (χ2v) is 4.10. The fourth-order valence-electron chi connectivity index (χ4n) is 1.71. The summed E-state index contributed by atoms with van der Waals surface area (Å²) in [5.41, 5.74) is 0. The summed E-state index contributed by atoms with van der Waals surface area (Å²) in [5.74, 6) is 0.727. The Labute approximate surface area is 81.4 Å². The molecule has 1 aliphatic heterocycles. The van der Waals surface area contributed by atoms with E-state index in [0.29, 0.717) is 6.04 Å². The minimum Gasteiger partial charge on any atom is -0.383 e. The Morgan fingerprint density at radius 2 is 2.31 bits per heavy atom. The van der Waals surface area contributed by atoms with Gasteiger partial charge in [-0.05, 0) is 5.92 Å². The van der Waals surface area contributed by atoms with Crippen LogP contribution >= 0.6 is 0 Å². The summed E-state index contributed by atoms with van der Waals surface area (Å²) in [6.45, 7) is 9.92. The number of ether oxygens (including phenoxy) is 1. The molecule has 1 saturated heterocycles. The molecule has 1 N–H and O–H groups in total. The third-order valence-electron chi connectivity index (χ3n) is 2.71. The van der Waals surface area contributed by atoms with Gasteiger partial charge >= 0.3 is 0 Å². The minimum atomic E-state index is 0.658. The van der Waals surface area contributed by atoms with E-state index in [9.17, 15) is 0 Å². The smallest absolute Gasteiger partial charge is 0.0589 e. The van der Waals surface area contributed by atoms with E-state index in [0.717, 1.165) is 32.2 Å². The van der Waals surface area contributed by atoms with Crippen molar-refractivity contribution >= 4 is 0 Å². The van der Waals surface area contributed by atoms with E-state index in [1.165, 1.54) is 6.54 Å². The van der Waals surface area contributed by atoms with Gasteiger partial charge in [0.1, 0.15) is 0 Å². The highest BCUT2D eigenvalue weighted by Crippen LogP contribution is 2.07. The lowest BCUT2D eigenvalue weighted by Gasteiger charge is -2.35. The maximum absolute atomic E-state index is 5.08. The van der Waals surface area contributed by atoms with Crippen LogP contribution in [0.1, 0.15) is 13.8 Å². The molecule has 0 spiro atoms. The van der Waals surface area contributed by atoms with Crippen LogP contribution in [0.25, 0.3) is 0 Å². The fraction of sp³-hybridized carbons (Fsp3) is 1.00. The van der Waals surface area contributed by atoms with E-state index in [-0.39, 0.29) is 0 Å². The Bertz CT molecular complexity index is 139. The van der Waals surface area contributed by atoms with Crippen molar-refractivity contribution in [1.29, 1.82) is 0 Å². The standard InChI is InChI=1S/C10H22N2O/c1-9(2)10-8-12(5-4-11-10)6-7-13-3/h9-11H,4-8H2,1-3H3.